The molecule has 0 radical (unpaired) electrons. The topological polar surface area (TPSA) is 102 Å². The van der Waals surface area contributed by atoms with Crippen molar-refractivity contribution in [1.29, 1.82) is 0 Å². The minimum Gasteiger partial charge on any atom is -0.444 e. The van der Waals surface area contributed by atoms with E-state index in [4.69, 9.17) is 9.15 Å². The lowest BCUT2D eigenvalue weighted by Crippen LogP contribution is -2.59. The van der Waals surface area contributed by atoms with Crippen molar-refractivity contribution < 1.29 is 18.7 Å². The maximum absolute atomic E-state index is 13.5. The molecule has 9 nitrogen and oxygen atoms in total. The number of benzene rings is 1. The second kappa shape index (κ2) is 10.9. The van der Waals surface area contributed by atoms with Crippen molar-refractivity contribution >= 4 is 12.0 Å². The summed E-state index contributed by atoms with van der Waals surface area (Å²) >= 11 is 0. The third kappa shape index (κ3) is 6.03. The van der Waals surface area contributed by atoms with Gasteiger partial charge in [-0.2, -0.15) is 0 Å². The number of piperazine rings is 1. The average Bonchev–Trinajstić information content (AvgIpc) is 3.37. The molecule has 1 atom stereocenters. The number of hydrogen-bond donors (Lipinski definition) is 0. The number of carbonyl (C=O) groups excluding carboxylic acids is 2. The van der Waals surface area contributed by atoms with Gasteiger partial charge >= 0.3 is 6.09 Å². The van der Waals surface area contributed by atoms with Gasteiger partial charge in [-0.25, -0.2) is 9.78 Å². The van der Waals surface area contributed by atoms with E-state index in [-0.39, 0.29) is 35.6 Å². The molecule has 2 aromatic heterocycles. The van der Waals surface area contributed by atoms with Gasteiger partial charge in [-0.1, -0.05) is 58.0 Å². The van der Waals surface area contributed by atoms with E-state index in [0.717, 1.165) is 11.1 Å². The SMILES string of the molecule is CC(C)c1cc(C(=O)N2CCN(C(=O)OC(C)(C)C)C(C(C)C)C2)nnc1-c1nc(-c2ccccc2)co1. The molecule has 2 amide bonds. The largest absolute Gasteiger partial charge is 0.444 e. The molecule has 4 rings (SSSR count). The molecule has 1 unspecified atom stereocenters. The van der Waals surface area contributed by atoms with Crippen LogP contribution in [0.15, 0.2) is 47.1 Å². The van der Waals surface area contributed by atoms with Crippen LogP contribution in [0.1, 0.15) is 70.4 Å². The number of oxazole rings is 1. The summed E-state index contributed by atoms with van der Waals surface area (Å²) in [7, 11) is 0. The summed E-state index contributed by atoms with van der Waals surface area (Å²) in [5, 5.41) is 8.67. The number of ether oxygens (including phenoxy) is 1. The van der Waals surface area contributed by atoms with Crippen molar-refractivity contribution in [2.45, 2.75) is 66.0 Å². The van der Waals surface area contributed by atoms with Crippen LogP contribution in [0, 0.1) is 5.92 Å². The van der Waals surface area contributed by atoms with E-state index in [9.17, 15) is 9.59 Å². The number of aromatic nitrogens is 3. The molecule has 1 fully saturated rings. The molecule has 0 spiro atoms. The molecular formula is C29H37N5O4. The van der Waals surface area contributed by atoms with Gasteiger partial charge in [0.05, 0.1) is 6.04 Å². The van der Waals surface area contributed by atoms with Crippen LogP contribution in [-0.2, 0) is 4.74 Å². The van der Waals surface area contributed by atoms with Crippen LogP contribution in [-0.4, -0.2) is 68.3 Å². The fourth-order valence-corrected chi connectivity index (χ4v) is 4.52. The molecule has 1 aromatic carbocycles. The first-order chi connectivity index (χ1) is 17.9. The first-order valence-corrected chi connectivity index (χ1v) is 13.1. The summed E-state index contributed by atoms with van der Waals surface area (Å²) in [4.78, 5) is 34.5. The lowest BCUT2D eigenvalue weighted by Gasteiger charge is -2.43. The van der Waals surface area contributed by atoms with Gasteiger partial charge < -0.3 is 19.0 Å². The Morgan fingerprint density at radius 2 is 1.76 bits per heavy atom. The van der Waals surface area contributed by atoms with Crippen LogP contribution in [0.2, 0.25) is 0 Å². The standard InChI is InChI=1S/C29H37N5O4/c1-18(2)21-15-22(31-32-25(21)26-30-23(17-37-26)20-11-9-8-10-12-20)27(35)33-13-14-34(24(16-33)19(3)4)28(36)38-29(5,6)7/h8-12,15,17-19,24H,13-14,16H2,1-7H3. The normalized spacial score (nSPS) is 16.3. The van der Waals surface area contributed by atoms with Crippen LogP contribution in [0.25, 0.3) is 22.8 Å². The van der Waals surface area contributed by atoms with Crippen molar-refractivity contribution in [2.75, 3.05) is 19.6 Å². The minimum atomic E-state index is -0.582. The fourth-order valence-electron chi connectivity index (χ4n) is 4.52. The Morgan fingerprint density at radius 1 is 1.05 bits per heavy atom. The number of rotatable bonds is 5. The van der Waals surface area contributed by atoms with E-state index >= 15 is 0 Å². The second-order valence-corrected chi connectivity index (χ2v) is 11.3. The van der Waals surface area contributed by atoms with E-state index in [0.29, 0.717) is 36.9 Å². The minimum absolute atomic E-state index is 0.0616. The second-order valence-electron chi connectivity index (χ2n) is 11.3. The molecule has 0 N–H and O–H groups in total. The zero-order chi connectivity index (χ0) is 27.6. The Labute approximate surface area is 224 Å². The molecule has 3 heterocycles. The molecule has 9 heteroatoms. The third-order valence-corrected chi connectivity index (χ3v) is 6.54. The fraction of sp³-hybridized carbons (Fsp3) is 0.483. The summed E-state index contributed by atoms with van der Waals surface area (Å²) in [5.74, 6) is 0.357. The Hall–Kier alpha value is -3.75. The maximum atomic E-state index is 13.5. The molecule has 0 saturated carbocycles. The highest BCUT2D eigenvalue weighted by atomic mass is 16.6. The Bertz CT molecular complexity index is 1280. The monoisotopic (exact) mass is 519 g/mol. The van der Waals surface area contributed by atoms with Crippen molar-refractivity contribution in [2.24, 2.45) is 5.92 Å². The molecular weight excluding hydrogens is 482 g/mol. The first kappa shape index (κ1) is 27.3. The van der Waals surface area contributed by atoms with Gasteiger partial charge in [0.25, 0.3) is 5.91 Å². The van der Waals surface area contributed by atoms with Gasteiger partial charge in [-0.05, 0) is 44.2 Å². The molecule has 38 heavy (non-hydrogen) atoms. The smallest absolute Gasteiger partial charge is 0.410 e. The van der Waals surface area contributed by atoms with Crippen molar-refractivity contribution in [3.8, 4) is 22.8 Å². The summed E-state index contributed by atoms with van der Waals surface area (Å²) in [5.41, 5.74) is 2.69. The van der Waals surface area contributed by atoms with Gasteiger partial charge in [0, 0.05) is 25.2 Å². The maximum Gasteiger partial charge on any atom is 0.410 e. The lowest BCUT2D eigenvalue weighted by atomic mass is 9.98. The predicted molar refractivity (Wildman–Crippen MR) is 145 cm³/mol. The van der Waals surface area contributed by atoms with Gasteiger partial charge in [-0.3, -0.25) is 4.79 Å². The molecule has 0 bridgehead atoms. The molecule has 3 aromatic rings. The summed E-state index contributed by atoms with van der Waals surface area (Å²) < 4.78 is 11.4. The number of amides is 2. The highest BCUT2D eigenvalue weighted by molar-refractivity contribution is 5.93. The number of hydrogen-bond acceptors (Lipinski definition) is 7. The summed E-state index contributed by atoms with van der Waals surface area (Å²) in [6.45, 7) is 14.9. The van der Waals surface area contributed by atoms with E-state index in [1.54, 1.807) is 22.1 Å². The van der Waals surface area contributed by atoms with Crippen molar-refractivity contribution in [1.82, 2.24) is 25.0 Å². The van der Waals surface area contributed by atoms with Gasteiger partial charge in [0.15, 0.2) is 11.4 Å². The Kier molecular flexibility index (Phi) is 7.85. The Balaban J connectivity index is 1.56. The molecule has 1 saturated heterocycles. The van der Waals surface area contributed by atoms with Crippen LogP contribution in [0.4, 0.5) is 4.79 Å². The van der Waals surface area contributed by atoms with Gasteiger partial charge in [0.1, 0.15) is 17.6 Å². The van der Waals surface area contributed by atoms with Crippen LogP contribution in [0.3, 0.4) is 0 Å². The number of nitrogens with zero attached hydrogens (tertiary/aromatic N) is 5. The number of carbonyl (C=O) groups is 2. The third-order valence-electron chi connectivity index (χ3n) is 6.54. The van der Waals surface area contributed by atoms with E-state index in [1.165, 1.54) is 0 Å². The van der Waals surface area contributed by atoms with Crippen LogP contribution >= 0.6 is 0 Å². The van der Waals surface area contributed by atoms with Crippen molar-refractivity contribution in [3.05, 3.63) is 53.9 Å². The summed E-state index contributed by atoms with van der Waals surface area (Å²) in [6, 6.07) is 11.4. The van der Waals surface area contributed by atoms with E-state index in [2.05, 4.69) is 15.2 Å². The van der Waals surface area contributed by atoms with E-state index in [1.807, 2.05) is 78.8 Å². The highest BCUT2D eigenvalue weighted by Crippen LogP contribution is 2.30. The summed E-state index contributed by atoms with van der Waals surface area (Å²) in [6.07, 6.45) is 1.25. The van der Waals surface area contributed by atoms with E-state index < -0.39 is 5.60 Å². The molecule has 202 valence electrons. The molecule has 1 aliphatic heterocycles. The van der Waals surface area contributed by atoms with Crippen LogP contribution in [0.5, 0.6) is 0 Å². The molecule has 1 aliphatic rings. The zero-order valence-corrected chi connectivity index (χ0v) is 23.3. The first-order valence-electron chi connectivity index (χ1n) is 13.1. The average molecular weight is 520 g/mol. The van der Waals surface area contributed by atoms with Gasteiger partial charge in [-0.15, -0.1) is 10.2 Å². The zero-order valence-electron chi connectivity index (χ0n) is 23.3. The Morgan fingerprint density at radius 3 is 2.39 bits per heavy atom. The van der Waals surface area contributed by atoms with Crippen LogP contribution < -0.4 is 0 Å². The highest BCUT2D eigenvalue weighted by Gasteiger charge is 2.37. The molecule has 0 aliphatic carbocycles. The quantitative estimate of drug-likeness (QED) is 0.430. The lowest BCUT2D eigenvalue weighted by molar-refractivity contribution is -0.00803. The predicted octanol–water partition coefficient (Wildman–Crippen LogP) is 5.64. The van der Waals surface area contributed by atoms with Gasteiger partial charge in [0.2, 0.25) is 5.89 Å². The van der Waals surface area contributed by atoms with Crippen molar-refractivity contribution in [3.63, 3.8) is 0 Å².